The van der Waals surface area contributed by atoms with Gasteiger partial charge in [-0.1, -0.05) is 6.92 Å². The van der Waals surface area contributed by atoms with Crippen LogP contribution in [0.25, 0.3) is 0 Å². The van der Waals surface area contributed by atoms with Crippen molar-refractivity contribution in [1.82, 2.24) is 9.97 Å². The highest BCUT2D eigenvalue weighted by Gasteiger charge is 2.18. The van der Waals surface area contributed by atoms with E-state index in [9.17, 15) is 0 Å². The highest BCUT2D eigenvalue weighted by molar-refractivity contribution is 5.49. The number of nitrogens with two attached hydrogens (primary N) is 1. The molecule has 1 aliphatic rings. The summed E-state index contributed by atoms with van der Waals surface area (Å²) in [5.74, 6) is 0. The second kappa shape index (κ2) is 4.57. The molecule has 0 amide bonds. The predicted octanol–water partition coefficient (Wildman–Crippen LogP) is 0.967. The van der Waals surface area contributed by atoms with Crippen LogP contribution in [0.1, 0.15) is 25.5 Å². The molecule has 4 heteroatoms. The summed E-state index contributed by atoms with van der Waals surface area (Å²) in [6, 6.07) is 0.371. The van der Waals surface area contributed by atoms with Crippen molar-refractivity contribution in [1.29, 1.82) is 0 Å². The molecule has 0 atom stereocenters. The Morgan fingerprint density at radius 2 is 2.20 bits per heavy atom. The van der Waals surface area contributed by atoms with Crippen LogP contribution in [-0.2, 0) is 6.42 Å². The summed E-state index contributed by atoms with van der Waals surface area (Å²) in [5, 5.41) is 0. The van der Waals surface area contributed by atoms with Crippen LogP contribution < -0.4 is 10.6 Å². The topological polar surface area (TPSA) is 55.0 Å². The largest absolute Gasteiger partial charge is 0.369 e. The molecule has 0 saturated carbocycles. The van der Waals surface area contributed by atoms with E-state index in [-0.39, 0.29) is 0 Å². The lowest BCUT2D eigenvalue weighted by atomic mass is 10.1. The fourth-order valence-electron chi connectivity index (χ4n) is 2.02. The highest BCUT2D eigenvalue weighted by Crippen LogP contribution is 2.21. The van der Waals surface area contributed by atoms with Gasteiger partial charge in [0.15, 0.2) is 0 Å². The Bertz CT molecular complexity index is 318. The normalized spacial score (nSPS) is 18.1. The van der Waals surface area contributed by atoms with Crippen molar-refractivity contribution >= 4 is 5.69 Å². The molecule has 0 aromatic carbocycles. The summed E-state index contributed by atoms with van der Waals surface area (Å²) < 4.78 is 0. The van der Waals surface area contributed by atoms with E-state index in [2.05, 4.69) is 21.8 Å². The number of anilines is 1. The zero-order valence-corrected chi connectivity index (χ0v) is 9.19. The molecular weight excluding hydrogens is 188 g/mol. The van der Waals surface area contributed by atoms with Crippen molar-refractivity contribution in [2.45, 2.75) is 32.2 Å². The molecular formula is C11H18N4. The highest BCUT2D eigenvalue weighted by atomic mass is 15.2. The first kappa shape index (κ1) is 10.4. The Hall–Kier alpha value is -1.16. The number of hydrogen-bond donors (Lipinski definition) is 1. The van der Waals surface area contributed by atoms with E-state index in [4.69, 9.17) is 5.73 Å². The van der Waals surface area contributed by atoms with Crippen LogP contribution in [-0.4, -0.2) is 29.1 Å². The van der Waals surface area contributed by atoms with Crippen molar-refractivity contribution < 1.29 is 0 Å². The van der Waals surface area contributed by atoms with Gasteiger partial charge in [0.05, 0.1) is 17.6 Å². The lowest BCUT2D eigenvalue weighted by Crippen LogP contribution is -2.40. The molecule has 82 valence electrons. The number of piperidine rings is 1. The van der Waals surface area contributed by atoms with Crippen molar-refractivity contribution in [2.75, 3.05) is 18.0 Å². The van der Waals surface area contributed by atoms with Crippen LogP contribution in [0.4, 0.5) is 5.69 Å². The van der Waals surface area contributed by atoms with Crippen LogP contribution >= 0.6 is 0 Å². The van der Waals surface area contributed by atoms with Gasteiger partial charge in [-0.2, -0.15) is 0 Å². The standard InChI is InChI=1S/C11H18N4/c1-2-10-11(7-13-8-14-10)15-5-3-9(12)4-6-15/h7-9H,2-6,12H2,1H3. The van der Waals surface area contributed by atoms with E-state index in [1.54, 1.807) is 6.33 Å². The number of rotatable bonds is 2. The molecule has 0 bridgehead atoms. The summed E-state index contributed by atoms with van der Waals surface area (Å²) in [5.41, 5.74) is 8.21. The average Bonchev–Trinajstić information content (AvgIpc) is 2.30. The molecule has 0 aliphatic carbocycles. The molecule has 0 radical (unpaired) electrons. The van der Waals surface area contributed by atoms with Crippen molar-refractivity contribution in [3.8, 4) is 0 Å². The first-order valence-electron chi connectivity index (χ1n) is 5.60. The molecule has 0 unspecified atom stereocenters. The maximum atomic E-state index is 5.89. The van der Waals surface area contributed by atoms with Gasteiger partial charge in [-0.3, -0.25) is 0 Å². The smallest absolute Gasteiger partial charge is 0.115 e. The summed E-state index contributed by atoms with van der Waals surface area (Å²) >= 11 is 0. The lowest BCUT2D eigenvalue weighted by Gasteiger charge is -2.32. The number of aromatic nitrogens is 2. The summed E-state index contributed by atoms with van der Waals surface area (Å²) in [4.78, 5) is 10.8. The summed E-state index contributed by atoms with van der Waals surface area (Å²) in [7, 11) is 0. The van der Waals surface area contributed by atoms with E-state index in [0.29, 0.717) is 6.04 Å². The molecule has 1 aliphatic heterocycles. The third kappa shape index (κ3) is 2.26. The summed E-state index contributed by atoms with van der Waals surface area (Å²) in [6.45, 7) is 4.19. The van der Waals surface area contributed by atoms with Gasteiger partial charge in [0.25, 0.3) is 0 Å². The second-order valence-electron chi connectivity index (χ2n) is 4.03. The molecule has 15 heavy (non-hydrogen) atoms. The minimum Gasteiger partial charge on any atom is -0.369 e. The zero-order chi connectivity index (χ0) is 10.7. The van der Waals surface area contributed by atoms with E-state index in [1.165, 1.54) is 5.69 Å². The van der Waals surface area contributed by atoms with Crippen LogP contribution in [0.5, 0.6) is 0 Å². The van der Waals surface area contributed by atoms with Crippen molar-refractivity contribution in [2.24, 2.45) is 5.73 Å². The molecule has 2 rings (SSSR count). The lowest BCUT2D eigenvalue weighted by molar-refractivity contribution is 0.499. The third-order valence-corrected chi connectivity index (χ3v) is 2.99. The maximum Gasteiger partial charge on any atom is 0.115 e. The van der Waals surface area contributed by atoms with Gasteiger partial charge < -0.3 is 10.6 Å². The molecule has 1 aromatic rings. The van der Waals surface area contributed by atoms with Crippen LogP contribution in [0.3, 0.4) is 0 Å². The van der Waals surface area contributed by atoms with E-state index >= 15 is 0 Å². The maximum absolute atomic E-state index is 5.89. The minimum atomic E-state index is 0.371. The Kier molecular flexibility index (Phi) is 3.16. The number of aryl methyl sites for hydroxylation is 1. The molecule has 4 nitrogen and oxygen atoms in total. The molecule has 1 aromatic heterocycles. The van der Waals surface area contributed by atoms with Crippen LogP contribution in [0.15, 0.2) is 12.5 Å². The predicted molar refractivity (Wildman–Crippen MR) is 60.8 cm³/mol. The van der Waals surface area contributed by atoms with Crippen LogP contribution in [0, 0.1) is 0 Å². The monoisotopic (exact) mass is 206 g/mol. The number of hydrogen-bond acceptors (Lipinski definition) is 4. The van der Waals surface area contributed by atoms with Gasteiger partial charge in [-0.25, -0.2) is 9.97 Å². The molecule has 2 N–H and O–H groups in total. The summed E-state index contributed by atoms with van der Waals surface area (Å²) in [6.07, 6.45) is 6.64. The first-order valence-corrected chi connectivity index (χ1v) is 5.60. The van der Waals surface area contributed by atoms with Crippen LogP contribution in [0.2, 0.25) is 0 Å². The van der Waals surface area contributed by atoms with E-state index in [0.717, 1.165) is 38.0 Å². The van der Waals surface area contributed by atoms with Crippen molar-refractivity contribution in [3.05, 3.63) is 18.2 Å². The average molecular weight is 206 g/mol. The van der Waals surface area contributed by atoms with Crippen molar-refractivity contribution in [3.63, 3.8) is 0 Å². The van der Waals surface area contributed by atoms with Gasteiger partial charge in [0.1, 0.15) is 6.33 Å². The van der Waals surface area contributed by atoms with E-state index < -0.39 is 0 Å². The SMILES string of the molecule is CCc1ncncc1N1CCC(N)CC1. The zero-order valence-electron chi connectivity index (χ0n) is 9.19. The Morgan fingerprint density at radius 3 is 2.87 bits per heavy atom. The molecule has 1 saturated heterocycles. The van der Waals surface area contributed by atoms with Gasteiger partial charge in [0.2, 0.25) is 0 Å². The second-order valence-corrected chi connectivity index (χ2v) is 4.03. The van der Waals surface area contributed by atoms with Gasteiger partial charge in [0, 0.05) is 19.1 Å². The first-order chi connectivity index (χ1) is 7.31. The Labute approximate surface area is 90.5 Å². The van der Waals surface area contributed by atoms with E-state index in [1.807, 2.05) is 6.20 Å². The Morgan fingerprint density at radius 1 is 1.47 bits per heavy atom. The Balaban J connectivity index is 2.15. The minimum absolute atomic E-state index is 0.371. The van der Waals surface area contributed by atoms with Gasteiger partial charge >= 0.3 is 0 Å². The molecule has 2 heterocycles. The quantitative estimate of drug-likeness (QED) is 0.783. The third-order valence-electron chi connectivity index (χ3n) is 2.99. The fourth-order valence-corrected chi connectivity index (χ4v) is 2.02. The fraction of sp³-hybridized carbons (Fsp3) is 0.636. The van der Waals surface area contributed by atoms with Gasteiger partial charge in [-0.05, 0) is 19.3 Å². The van der Waals surface area contributed by atoms with Gasteiger partial charge in [-0.15, -0.1) is 0 Å². The molecule has 1 fully saturated rings. The number of nitrogens with zero attached hydrogens (tertiary/aromatic N) is 3. The molecule has 0 spiro atoms.